The Bertz CT molecular complexity index is 432. The molecule has 0 amide bonds. The van der Waals surface area contributed by atoms with Crippen LogP contribution in [0.25, 0.3) is 0 Å². The fraction of sp³-hybridized carbons (Fsp3) is 0.643. The number of esters is 1. The second kappa shape index (κ2) is 8.12. The molecule has 6 heteroatoms. The smallest absolute Gasteiger partial charge is 0.306 e. The highest BCUT2D eigenvalue weighted by atomic mass is 79.9. The third kappa shape index (κ3) is 5.16. The Kier molecular flexibility index (Phi) is 6.48. The molecule has 4 nitrogen and oxygen atoms in total. The molecule has 1 aromatic rings. The SMILES string of the molecule is COC(=O)CCN(Cc1cc(Br)cs1)CC1CCCO1. The van der Waals surface area contributed by atoms with Crippen molar-refractivity contribution in [2.75, 3.05) is 26.8 Å². The maximum atomic E-state index is 11.3. The van der Waals surface area contributed by atoms with Gasteiger partial charge in [0.15, 0.2) is 0 Å². The molecule has 0 N–H and O–H groups in total. The Morgan fingerprint density at radius 3 is 3.10 bits per heavy atom. The Morgan fingerprint density at radius 1 is 1.65 bits per heavy atom. The molecule has 1 fully saturated rings. The van der Waals surface area contributed by atoms with E-state index in [0.29, 0.717) is 19.1 Å². The summed E-state index contributed by atoms with van der Waals surface area (Å²) in [6.07, 6.45) is 2.98. The summed E-state index contributed by atoms with van der Waals surface area (Å²) in [5.41, 5.74) is 0. The molecule has 0 bridgehead atoms. The third-order valence-electron chi connectivity index (χ3n) is 3.35. The molecule has 2 heterocycles. The molecule has 1 saturated heterocycles. The molecule has 0 radical (unpaired) electrons. The first kappa shape index (κ1) is 15.9. The predicted molar refractivity (Wildman–Crippen MR) is 82.9 cm³/mol. The van der Waals surface area contributed by atoms with Crippen molar-refractivity contribution in [2.45, 2.75) is 31.9 Å². The Morgan fingerprint density at radius 2 is 2.50 bits per heavy atom. The molecule has 1 aromatic heterocycles. The molecule has 20 heavy (non-hydrogen) atoms. The number of halogens is 1. The summed E-state index contributed by atoms with van der Waals surface area (Å²) < 4.78 is 11.5. The van der Waals surface area contributed by atoms with Gasteiger partial charge in [0, 0.05) is 41.0 Å². The Labute approximate surface area is 132 Å². The lowest BCUT2D eigenvalue weighted by molar-refractivity contribution is -0.141. The van der Waals surface area contributed by atoms with Crippen molar-refractivity contribution in [1.29, 1.82) is 0 Å². The van der Waals surface area contributed by atoms with Gasteiger partial charge in [-0.05, 0) is 34.8 Å². The van der Waals surface area contributed by atoms with Crippen molar-refractivity contribution in [2.24, 2.45) is 0 Å². The van der Waals surface area contributed by atoms with Gasteiger partial charge in [-0.1, -0.05) is 0 Å². The van der Waals surface area contributed by atoms with Crippen molar-refractivity contribution in [3.05, 3.63) is 20.8 Å². The van der Waals surface area contributed by atoms with Crippen LogP contribution in [0.2, 0.25) is 0 Å². The van der Waals surface area contributed by atoms with Crippen LogP contribution >= 0.6 is 27.3 Å². The zero-order valence-corrected chi connectivity index (χ0v) is 14.0. The third-order valence-corrected chi connectivity index (χ3v) is 5.03. The number of ether oxygens (including phenoxy) is 2. The lowest BCUT2D eigenvalue weighted by atomic mass is 10.2. The second-order valence-electron chi connectivity index (χ2n) is 4.93. The first-order valence-electron chi connectivity index (χ1n) is 6.81. The van der Waals surface area contributed by atoms with Gasteiger partial charge in [0.25, 0.3) is 0 Å². The van der Waals surface area contributed by atoms with Gasteiger partial charge in [-0.3, -0.25) is 9.69 Å². The highest BCUT2D eigenvalue weighted by molar-refractivity contribution is 9.10. The topological polar surface area (TPSA) is 38.8 Å². The van der Waals surface area contributed by atoms with E-state index in [4.69, 9.17) is 9.47 Å². The van der Waals surface area contributed by atoms with E-state index < -0.39 is 0 Å². The molecule has 1 aliphatic rings. The van der Waals surface area contributed by atoms with Gasteiger partial charge in [0.1, 0.15) is 0 Å². The van der Waals surface area contributed by atoms with Crippen LogP contribution < -0.4 is 0 Å². The molecule has 0 spiro atoms. The van der Waals surface area contributed by atoms with E-state index in [0.717, 1.165) is 37.0 Å². The van der Waals surface area contributed by atoms with Crippen LogP contribution in [0.15, 0.2) is 15.9 Å². The van der Waals surface area contributed by atoms with E-state index in [9.17, 15) is 4.79 Å². The van der Waals surface area contributed by atoms with Gasteiger partial charge in [-0.2, -0.15) is 0 Å². The quantitative estimate of drug-likeness (QED) is 0.699. The average Bonchev–Trinajstić information content (AvgIpc) is 3.07. The molecule has 1 aliphatic heterocycles. The van der Waals surface area contributed by atoms with E-state index in [1.54, 1.807) is 11.3 Å². The molecule has 1 atom stereocenters. The van der Waals surface area contributed by atoms with Crippen LogP contribution in [0.4, 0.5) is 0 Å². The number of nitrogens with zero attached hydrogens (tertiary/aromatic N) is 1. The van der Waals surface area contributed by atoms with Gasteiger partial charge in [-0.15, -0.1) is 11.3 Å². The lowest BCUT2D eigenvalue weighted by Crippen LogP contribution is -2.33. The van der Waals surface area contributed by atoms with Crippen LogP contribution in [-0.2, 0) is 20.8 Å². The maximum absolute atomic E-state index is 11.3. The number of hydrogen-bond donors (Lipinski definition) is 0. The standard InChI is InChI=1S/C14H20BrNO3S/c1-18-14(17)4-5-16(8-12-3-2-6-19-12)9-13-7-11(15)10-20-13/h7,10,12H,2-6,8-9H2,1H3. The fourth-order valence-electron chi connectivity index (χ4n) is 2.32. The predicted octanol–water partition coefficient (Wildman–Crippen LogP) is 3.05. The van der Waals surface area contributed by atoms with E-state index in [1.165, 1.54) is 12.0 Å². The second-order valence-corrected chi connectivity index (χ2v) is 6.84. The summed E-state index contributed by atoms with van der Waals surface area (Å²) in [6.45, 7) is 3.31. The molecular weight excluding hydrogens is 342 g/mol. The largest absolute Gasteiger partial charge is 0.469 e. The zero-order chi connectivity index (χ0) is 14.4. The Balaban J connectivity index is 1.89. The van der Waals surface area contributed by atoms with Crippen LogP contribution in [0.3, 0.4) is 0 Å². The van der Waals surface area contributed by atoms with Crippen LogP contribution in [0, 0.1) is 0 Å². The van der Waals surface area contributed by atoms with Crippen LogP contribution in [-0.4, -0.2) is 43.8 Å². The zero-order valence-electron chi connectivity index (χ0n) is 11.6. The molecule has 0 aliphatic carbocycles. The van der Waals surface area contributed by atoms with E-state index in [2.05, 4.69) is 32.3 Å². The number of thiophene rings is 1. The van der Waals surface area contributed by atoms with Crippen molar-refractivity contribution >= 4 is 33.2 Å². The first-order chi connectivity index (χ1) is 9.67. The number of carbonyl (C=O) groups excluding carboxylic acids is 1. The van der Waals surface area contributed by atoms with Crippen molar-refractivity contribution in [1.82, 2.24) is 4.90 Å². The van der Waals surface area contributed by atoms with Gasteiger partial charge in [-0.25, -0.2) is 0 Å². The van der Waals surface area contributed by atoms with Gasteiger partial charge in [0.2, 0.25) is 0 Å². The highest BCUT2D eigenvalue weighted by Gasteiger charge is 2.20. The van der Waals surface area contributed by atoms with Crippen molar-refractivity contribution in [3.8, 4) is 0 Å². The minimum absolute atomic E-state index is 0.158. The van der Waals surface area contributed by atoms with E-state index >= 15 is 0 Å². The summed E-state index contributed by atoms with van der Waals surface area (Å²) in [4.78, 5) is 14.9. The minimum atomic E-state index is -0.158. The molecular formula is C14H20BrNO3S. The van der Waals surface area contributed by atoms with Gasteiger partial charge < -0.3 is 9.47 Å². The monoisotopic (exact) mass is 361 g/mol. The molecule has 0 aromatic carbocycles. The van der Waals surface area contributed by atoms with E-state index in [1.807, 2.05) is 0 Å². The average molecular weight is 362 g/mol. The normalized spacial score (nSPS) is 18.6. The summed E-state index contributed by atoms with van der Waals surface area (Å²) in [5.74, 6) is -0.158. The van der Waals surface area contributed by atoms with Gasteiger partial charge >= 0.3 is 5.97 Å². The number of methoxy groups -OCH3 is 1. The van der Waals surface area contributed by atoms with Crippen molar-refractivity contribution in [3.63, 3.8) is 0 Å². The van der Waals surface area contributed by atoms with E-state index in [-0.39, 0.29) is 5.97 Å². The lowest BCUT2D eigenvalue weighted by Gasteiger charge is -2.24. The molecule has 112 valence electrons. The number of rotatable bonds is 7. The van der Waals surface area contributed by atoms with Crippen LogP contribution in [0.5, 0.6) is 0 Å². The minimum Gasteiger partial charge on any atom is -0.469 e. The number of hydrogen-bond acceptors (Lipinski definition) is 5. The summed E-state index contributed by atoms with van der Waals surface area (Å²) >= 11 is 5.21. The summed E-state index contributed by atoms with van der Waals surface area (Å²) in [7, 11) is 1.43. The molecule has 1 unspecified atom stereocenters. The number of carbonyl (C=O) groups is 1. The highest BCUT2D eigenvalue weighted by Crippen LogP contribution is 2.22. The molecule has 2 rings (SSSR count). The first-order valence-corrected chi connectivity index (χ1v) is 8.48. The van der Waals surface area contributed by atoms with Gasteiger partial charge in [0.05, 0.1) is 19.6 Å². The summed E-state index contributed by atoms with van der Waals surface area (Å²) in [6, 6.07) is 2.13. The summed E-state index contributed by atoms with van der Waals surface area (Å²) in [5, 5.41) is 2.08. The Hall–Kier alpha value is -0.430. The molecule has 0 saturated carbocycles. The van der Waals surface area contributed by atoms with Crippen molar-refractivity contribution < 1.29 is 14.3 Å². The maximum Gasteiger partial charge on any atom is 0.306 e. The fourth-order valence-corrected chi connectivity index (χ4v) is 3.81. The van der Waals surface area contributed by atoms with Crippen LogP contribution in [0.1, 0.15) is 24.1 Å².